The van der Waals surface area contributed by atoms with Crippen LogP contribution in [0.2, 0.25) is 0 Å². The minimum atomic E-state index is 0.399. The molecule has 4 heterocycles. The lowest BCUT2D eigenvalue weighted by molar-refractivity contribution is 0.114. The molecule has 4 nitrogen and oxygen atoms in total. The van der Waals surface area contributed by atoms with E-state index in [1.807, 2.05) is 0 Å². The van der Waals surface area contributed by atoms with Crippen molar-refractivity contribution in [1.29, 1.82) is 0 Å². The second-order valence-electron chi connectivity index (χ2n) is 5.36. The molecule has 0 aliphatic carbocycles. The third-order valence-corrected chi connectivity index (χ3v) is 4.48. The standard InChI is InChI=1S/C12H21N3O/c16-13-12-10-3-7-15(8-4-10)11(12)9-14-5-1-2-6-14/h10-11,16H,1-9H2. The molecule has 4 fully saturated rings. The molecule has 1 unspecified atom stereocenters. The van der Waals surface area contributed by atoms with Crippen LogP contribution in [0.15, 0.2) is 5.16 Å². The van der Waals surface area contributed by atoms with Crippen molar-refractivity contribution in [2.45, 2.75) is 31.7 Å². The predicted octanol–water partition coefficient (Wildman–Crippen LogP) is 1.01. The van der Waals surface area contributed by atoms with Crippen molar-refractivity contribution in [2.24, 2.45) is 11.1 Å². The van der Waals surface area contributed by atoms with Gasteiger partial charge in [-0.2, -0.15) is 0 Å². The van der Waals surface area contributed by atoms with Crippen LogP contribution in [0.3, 0.4) is 0 Å². The zero-order valence-electron chi connectivity index (χ0n) is 9.81. The molecule has 0 saturated carbocycles. The minimum Gasteiger partial charge on any atom is -0.411 e. The average molecular weight is 223 g/mol. The maximum absolute atomic E-state index is 9.20. The monoisotopic (exact) mass is 223 g/mol. The maximum atomic E-state index is 9.20. The number of piperidine rings is 3. The third kappa shape index (κ3) is 1.74. The summed E-state index contributed by atoms with van der Waals surface area (Å²) in [4.78, 5) is 5.03. The molecule has 4 saturated heterocycles. The number of rotatable bonds is 2. The lowest BCUT2D eigenvalue weighted by atomic mass is 9.81. The van der Waals surface area contributed by atoms with E-state index < -0.39 is 0 Å². The van der Waals surface area contributed by atoms with Crippen LogP contribution in [0, 0.1) is 5.92 Å². The first kappa shape index (κ1) is 10.5. The molecular weight excluding hydrogens is 202 g/mol. The smallest absolute Gasteiger partial charge is 0.0786 e. The van der Waals surface area contributed by atoms with Crippen molar-refractivity contribution >= 4 is 5.71 Å². The minimum absolute atomic E-state index is 0.399. The van der Waals surface area contributed by atoms with Gasteiger partial charge in [0.15, 0.2) is 0 Å². The normalized spacial score (nSPS) is 42.0. The molecule has 1 atom stereocenters. The summed E-state index contributed by atoms with van der Waals surface area (Å²) in [6, 6.07) is 0.399. The number of hydrogen-bond donors (Lipinski definition) is 1. The van der Waals surface area contributed by atoms with E-state index in [-0.39, 0.29) is 0 Å². The van der Waals surface area contributed by atoms with E-state index in [0.717, 1.165) is 12.3 Å². The Morgan fingerprint density at radius 3 is 2.44 bits per heavy atom. The van der Waals surface area contributed by atoms with Crippen LogP contribution in [0.1, 0.15) is 25.7 Å². The molecule has 0 radical (unpaired) electrons. The van der Waals surface area contributed by atoms with Crippen molar-refractivity contribution in [3.63, 3.8) is 0 Å². The Hall–Kier alpha value is -0.610. The van der Waals surface area contributed by atoms with E-state index in [4.69, 9.17) is 0 Å². The van der Waals surface area contributed by atoms with E-state index in [0.29, 0.717) is 12.0 Å². The van der Waals surface area contributed by atoms with Gasteiger partial charge in [-0.05, 0) is 51.9 Å². The highest BCUT2D eigenvalue weighted by atomic mass is 16.4. The van der Waals surface area contributed by atoms with Crippen molar-refractivity contribution in [3.05, 3.63) is 0 Å². The average Bonchev–Trinajstić information content (AvgIpc) is 2.83. The molecule has 0 aromatic carbocycles. The lowest BCUT2D eigenvalue weighted by Crippen LogP contribution is -2.59. The molecule has 4 aliphatic heterocycles. The molecule has 0 aromatic heterocycles. The molecule has 4 rings (SSSR count). The quantitative estimate of drug-likeness (QED) is 0.561. The van der Waals surface area contributed by atoms with Gasteiger partial charge in [-0.3, -0.25) is 4.90 Å². The predicted molar refractivity (Wildman–Crippen MR) is 63.0 cm³/mol. The Bertz CT molecular complexity index is 278. The first-order valence-corrected chi connectivity index (χ1v) is 6.57. The van der Waals surface area contributed by atoms with Gasteiger partial charge in [-0.25, -0.2) is 0 Å². The fraction of sp³-hybridized carbons (Fsp3) is 0.917. The maximum Gasteiger partial charge on any atom is 0.0786 e. The van der Waals surface area contributed by atoms with Gasteiger partial charge in [0.25, 0.3) is 0 Å². The Balaban J connectivity index is 1.71. The molecule has 0 spiro atoms. The van der Waals surface area contributed by atoms with Crippen LogP contribution < -0.4 is 0 Å². The summed E-state index contributed by atoms with van der Waals surface area (Å²) >= 11 is 0. The molecule has 2 bridgehead atoms. The summed E-state index contributed by atoms with van der Waals surface area (Å²) in [6.45, 7) is 5.93. The summed E-state index contributed by atoms with van der Waals surface area (Å²) < 4.78 is 0. The number of fused-ring (bicyclic) bond motifs is 3. The van der Waals surface area contributed by atoms with Gasteiger partial charge in [0.05, 0.1) is 11.8 Å². The molecule has 16 heavy (non-hydrogen) atoms. The first-order chi connectivity index (χ1) is 7.88. The third-order valence-electron chi connectivity index (χ3n) is 4.48. The van der Waals surface area contributed by atoms with Gasteiger partial charge < -0.3 is 10.1 Å². The summed E-state index contributed by atoms with van der Waals surface area (Å²) in [5.41, 5.74) is 1.06. The van der Waals surface area contributed by atoms with Crippen LogP contribution in [0.5, 0.6) is 0 Å². The van der Waals surface area contributed by atoms with E-state index in [1.54, 1.807) is 0 Å². The second-order valence-corrected chi connectivity index (χ2v) is 5.36. The summed E-state index contributed by atoms with van der Waals surface area (Å²) in [5, 5.41) is 12.8. The molecular formula is C12H21N3O. The number of hydrogen-bond acceptors (Lipinski definition) is 4. The lowest BCUT2D eigenvalue weighted by Gasteiger charge is -2.46. The van der Waals surface area contributed by atoms with E-state index in [9.17, 15) is 5.21 Å². The highest BCUT2D eigenvalue weighted by Gasteiger charge is 2.40. The highest BCUT2D eigenvalue weighted by molar-refractivity contribution is 5.92. The Morgan fingerprint density at radius 2 is 1.81 bits per heavy atom. The highest BCUT2D eigenvalue weighted by Crippen LogP contribution is 2.30. The zero-order chi connectivity index (χ0) is 11.0. The van der Waals surface area contributed by atoms with Crippen molar-refractivity contribution in [1.82, 2.24) is 9.80 Å². The zero-order valence-corrected chi connectivity index (χ0v) is 9.81. The molecule has 1 N–H and O–H groups in total. The van der Waals surface area contributed by atoms with Crippen molar-refractivity contribution in [2.75, 3.05) is 32.7 Å². The van der Waals surface area contributed by atoms with Gasteiger partial charge in [-0.15, -0.1) is 0 Å². The summed E-state index contributed by atoms with van der Waals surface area (Å²) in [6.07, 6.45) is 5.05. The first-order valence-electron chi connectivity index (χ1n) is 6.57. The van der Waals surface area contributed by atoms with Gasteiger partial charge >= 0.3 is 0 Å². The van der Waals surface area contributed by atoms with E-state index >= 15 is 0 Å². The van der Waals surface area contributed by atoms with Crippen LogP contribution in [-0.4, -0.2) is 59.5 Å². The second kappa shape index (κ2) is 4.34. The van der Waals surface area contributed by atoms with Gasteiger partial charge in [-0.1, -0.05) is 5.16 Å². The molecule has 0 aromatic rings. The van der Waals surface area contributed by atoms with E-state index in [1.165, 1.54) is 51.9 Å². The fourth-order valence-corrected chi connectivity index (χ4v) is 3.53. The Labute approximate surface area is 96.9 Å². The van der Waals surface area contributed by atoms with Crippen molar-refractivity contribution < 1.29 is 5.21 Å². The summed E-state index contributed by atoms with van der Waals surface area (Å²) in [7, 11) is 0. The Morgan fingerprint density at radius 1 is 1.12 bits per heavy atom. The SMILES string of the molecule is ON=C1C2CCN(CC2)C1CN1CCCC1. The topological polar surface area (TPSA) is 39.1 Å². The van der Waals surface area contributed by atoms with Crippen LogP contribution in [0.25, 0.3) is 0 Å². The largest absolute Gasteiger partial charge is 0.411 e. The van der Waals surface area contributed by atoms with Crippen LogP contribution in [-0.2, 0) is 0 Å². The van der Waals surface area contributed by atoms with Crippen LogP contribution >= 0.6 is 0 Å². The molecule has 4 aliphatic rings. The van der Waals surface area contributed by atoms with Crippen LogP contribution in [0.4, 0.5) is 0 Å². The number of oxime groups is 1. The van der Waals surface area contributed by atoms with Gasteiger partial charge in [0.2, 0.25) is 0 Å². The molecule has 0 amide bonds. The molecule has 4 heteroatoms. The number of nitrogens with zero attached hydrogens (tertiary/aromatic N) is 3. The van der Waals surface area contributed by atoms with Gasteiger partial charge in [0, 0.05) is 12.5 Å². The number of likely N-dealkylation sites (tertiary alicyclic amines) is 1. The Kier molecular flexibility index (Phi) is 2.86. The summed E-state index contributed by atoms with van der Waals surface area (Å²) in [5.74, 6) is 0.558. The molecule has 90 valence electrons. The van der Waals surface area contributed by atoms with Gasteiger partial charge in [0.1, 0.15) is 0 Å². The van der Waals surface area contributed by atoms with E-state index in [2.05, 4.69) is 15.0 Å². The fourth-order valence-electron chi connectivity index (χ4n) is 3.53. The van der Waals surface area contributed by atoms with Crippen molar-refractivity contribution in [3.8, 4) is 0 Å².